The first-order valence-corrected chi connectivity index (χ1v) is 8.53. The minimum atomic E-state index is -0.225. The fourth-order valence-corrected chi connectivity index (χ4v) is 2.64. The Morgan fingerprint density at radius 2 is 2.00 bits per heavy atom. The summed E-state index contributed by atoms with van der Waals surface area (Å²) in [5.74, 6) is -0.343. The molecule has 0 aliphatic rings. The zero-order valence-corrected chi connectivity index (χ0v) is 14.2. The van der Waals surface area contributed by atoms with E-state index < -0.39 is 0 Å². The lowest BCUT2D eigenvalue weighted by Crippen LogP contribution is -2.38. The Morgan fingerprint density at radius 3 is 2.61 bits per heavy atom. The number of carbonyl (C=O) groups excluding carboxylic acids is 2. The van der Waals surface area contributed by atoms with E-state index in [1.54, 1.807) is 28.6 Å². The lowest BCUT2D eigenvalue weighted by molar-refractivity contribution is -0.116. The quantitative estimate of drug-likeness (QED) is 0.846. The number of carbonyl (C=O) groups is 2. The van der Waals surface area contributed by atoms with Crippen LogP contribution in [0.15, 0.2) is 35.8 Å². The number of hydrogen-bond donors (Lipinski definition) is 1. The van der Waals surface area contributed by atoms with Gasteiger partial charge in [-0.25, -0.2) is 4.98 Å². The van der Waals surface area contributed by atoms with Gasteiger partial charge in [0.15, 0.2) is 5.13 Å². The third-order valence-electron chi connectivity index (χ3n) is 3.38. The van der Waals surface area contributed by atoms with Gasteiger partial charge in [-0.1, -0.05) is 31.0 Å². The second kappa shape index (κ2) is 8.43. The van der Waals surface area contributed by atoms with Crippen LogP contribution in [0.1, 0.15) is 35.7 Å². The van der Waals surface area contributed by atoms with Crippen molar-refractivity contribution in [3.05, 3.63) is 47.0 Å². The molecule has 0 bridgehead atoms. The largest absolute Gasteiger partial charge is 0.329 e. The molecular weight excluding hydrogens is 310 g/mol. The SMILES string of the molecule is CCCCN(CC(=O)Nc1nccs1)C(=O)c1ccc(C)cc1. The third kappa shape index (κ3) is 5.17. The monoisotopic (exact) mass is 331 g/mol. The second-order valence-electron chi connectivity index (χ2n) is 5.33. The number of hydrogen-bond acceptors (Lipinski definition) is 4. The highest BCUT2D eigenvalue weighted by Gasteiger charge is 2.18. The van der Waals surface area contributed by atoms with E-state index in [9.17, 15) is 9.59 Å². The van der Waals surface area contributed by atoms with Gasteiger partial charge in [0, 0.05) is 23.7 Å². The molecule has 0 saturated heterocycles. The molecule has 1 N–H and O–H groups in total. The van der Waals surface area contributed by atoms with Gasteiger partial charge in [0.1, 0.15) is 6.54 Å². The van der Waals surface area contributed by atoms with E-state index in [1.165, 1.54) is 11.3 Å². The molecule has 1 heterocycles. The van der Waals surface area contributed by atoms with Crippen LogP contribution in [0, 0.1) is 6.92 Å². The van der Waals surface area contributed by atoms with Gasteiger partial charge in [0.05, 0.1) is 0 Å². The van der Waals surface area contributed by atoms with Crippen molar-refractivity contribution < 1.29 is 9.59 Å². The molecule has 0 fully saturated rings. The molecule has 0 atom stereocenters. The van der Waals surface area contributed by atoms with Crippen molar-refractivity contribution in [1.29, 1.82) is 0 Å². The van der Waals surface area contributed by atoms with Gasteiger partial charge in [-0.05, 0) is 25.5 Å². The predicted molar refractivity (Wildman–Crippen MR) is 92.7 cm³/mol. The topological polar surface area (TPSA) is 62.3 Å². The number of unbranched alkanes of at least 4 members (excludes halogenated alkanes) is 1. The standard InChI is InChI=1S/C17H21N3O2S/c1-3-4-10-20(12-15(21)19-17-18-9-11-23-17)16(22)14-7-5-13(2)6-8-14/h5-9,11H,3-4,10,12H2,1-2H3,(H,18,19,21). The summed E-state index contributed by atoms with van der Waals surface area (Å²) in [6.45, 7) is 4.63. The van der Waals surface area contributed by atoms with Crippen molar-refractivity contribution in [2.75, 3.05) is 18.4 Å². The molecule has 6 heteroatoms. The number of amides is 2. The highest BCUT2D eigenvalue weighted by Crippen LogP contribution is 2.12. The van der Waals surface area contributed by atoms with Gasteiger partial charge in [-0.2, -0.15) is 0 Å². The van der Waals surface area contributed by atoms with Crippen LogP contribution in [0.4, 0.5) is 5.13 Å². The summed E-state index contributed by atoms with van der Waals surface area (Å²) in [5.41, 5.74) is 1.71. The Bertz CT molecular complexity index is 638. The maximum absolute atomic E-state index is 12.6. The fourth-order valence-electron chi connectivity index (χ4n) is 2.10. The van der Waals surface area contributed by atoms with E-state index in [2.05, 4.69) is 17.2 Å². The van der Waals surface area contributed by atoms with Crippen molar-refractivity contribution in [3.8, 4) is 0 Å². The molecule has 0 spiro atoms. The summed E-state index contributed by atoms with van der Waals surface area (Å²) in [5, 5.41) is 5.06. The Morgan fingerprint density at radius 1 is 1.26 bits per heavy atom. The number of aromatic nitrogens is 1. The summed E-state index contributed by atoms with van der Waals surface area (Å²) >= 11 is 1.36. The lowest BCUT2D eigenvalue weighted by Gasteiger charge is -2.22. The van der Waals surface area contributed by atoms with Gasteiger partial charge in [0.25, 0.3) is 5.91 Å². The molecular formula is C17H21N3O2S. The molecule has 2 aromatic rings. The number of nitrogens with one attached hydrogen (secondary N) is 1. The third-order valence-corrected chi connectivity index (χ3v) is 4.07. The molecule has 0 saturated carbocycles. The highest BCUT2D eigenvalue weighted by molar-refractivity contribution is 7.13. The van der Waals surface area contributed by atoms with Gasteiger partial charge in [-0.3, -0.25) is 9.59 Å². The normalized spacial score (nSPS) is 10.3. The summed E-state index contributed by atoms with van der Waals surface area (Å²) in [6.07, 6.45) is 3.46. The average Bonchev–Trinajstić information content (AvgIpc) is 3.04. The van der Waals surface area contributed by atoms with E-state index >= 15 is 0 Å². The van der Waals surface area contributed by atoms with Crippen LogP contribution in [0.3, 0.4) is 0 Å². The average molecular weight is 331 g/mol. The molecule has 0 unspecified atom stereocenters. The fraction of sp³-hybridized carbons (Fsp3) is 0.353. The Hall–Kier alpha value is -2.21. The minimum absolute atomic E-state index is 0.0340. The summed E-state index contributed by atoms with van der Waals surface area (Å²) in [4.78, 5) is 30.4. The van der Waals surface area contributed by atoms with E-state index in [4.69, 9.17) is 0 Å². The van der Waals surface area contributed by atoms with Crippen LogP contribution in [0.25, 0.3) is 0 Å². The Kier molecular flexibility index (Phi) is 6.29. The Balaban J connectivity index is 2.04. The summed E-state index contributed by atoms with van der Waals surface area (Å²) in [7, 11) is 0. The number of rotatable bonds is 7. The van der Waals surface area contributed by atoms with Gasteiger partial charge in [-0.15, -0.1) is 11.3 Å². The number of aryl methyl sites for hydroxylation is 1. The molecule has 122 valence electrons. The highest BCUT2D eigenvalue weighted by atomic mass is 32.1. The molecule has 0 aliphatic carbocycles. The van der Waals surface area contributed by atoms with Crippen molar-refractivity contribution in [3.63, 3.8) is 0 Å². The van der Waals surface area contributed by atoms with Gasteiger partial charge >= 0.3 is 0 Å². The van der Waals surface area contributed by atoms with Gasteiger partial charge in [0.2, 0.25) is 5.91 Å². The van der Waals surface area contributed by atoms with Crippen LogP contribution in [-0.2, 0) is 4.79 Å². The van der Waals surface area contributed by atoms with E-state index in [-0.39, 0.29) is 18.4 Å². The van der Waals surface area contributed by atoms with Crippen LogP contribution < -0.4 is 5.32 Å². The molecule has 1 aromatic heterocycles. The van der Waals surface area contributed by atoms with Crippen molar-refractivity contribution in [1.82, 2.24) is 9.88 Å². The van der Waals surface area contributed by atoms with Crippen LogP contribution in [0.5, 0.6) is 0 Å². The van der Waals surface area contributed by atoms with Crippen LogP contribution >= 0.6 is 11.3 Å². The van der Waals surface area contributed by atoms with Crippen molar-refractivity contribution >= 4 is 28.3 Å². The molecule has 2 rings (SSSR count). The lowest BCUT2D eigenvalue weighted by atomic mass is 10.1. The molecule has 23 heavy (non-hydrogen) atoms. The first-order chi connectivity index (χ1) is 11.1. The zero-order chi connectivity index (χ0) is 16.7. The van der Waals surface area contributed by atoms with Crippen LogP contribution in [0.2, 0.25) is 0 Å². The first-order valence-electron chi connectivity index (χ1n) is 7.65. The van der Waals surface area contributed by atoms with E-state index in [0.29, 0.717) is 17.2 Å². The summed E-state index contributed by atoms with van der Waals surface area (Å²) < 4.78 is 0. The number of nitrogens with zero attached hydrogens (tertiary/aromatic N) is 2. The maximum atomic E-state index is 12.6. The van der Waals surface area contributed by atoms with Gasteiger partial charge < -0.3 is 10.2 Å². The first kappa shape index (κ1) is 17.1. The second-order valence-corrected chi connectivity index (χ2v) is 6.23. The number of benzene rings is 1. The maximum Gasteiger partial charge on any atom is 0.254 e. The minimum Gasteiger partial charge on any atom is -0.329 e. The number of anilines is 1. The molecule has 2 amide bonds. The Labute approximate surface area is 140 Å². The molecule has 1 aromatic carbocycles. The molecule has 0 aliphatic heterocycles. The van der Waals surface area contributed by atoms with E-state index in [1.807, 2.05) is 19.1 Å². The molecule has 5 nitrogen and oxygen atoms in total. The zero-order valence-electron chi connectivity index (χ0n) is 13.4. The summed E-state index contributed by atoms with van der Waals surface area (Å²) in [6, 6.07) is 7.41. The van der Waals surface area contributed by atoms with E-state index in [0.717, 1.165) is 18.4 Å². The molecule has 0 radical (unpaired) electrons. The van der Waals surface area contributed by atoms with Crippen LogP contribution in [-0.4, -0.2) is 34.8 Å². The number of thiazole rings is 1. The van der Waals surface area contributed by atoms with Crippen molar-refractivity contribution in [2.45, 2.75) is 26.7 Å². The van der Waals surface area contributed by atoms with Crippen molar-refractivity contribution in [2.24, 2.45) is 0 Å². The predicted octanol–water partition coefficient (Wildman–Crippen LogP) is 3.33. The smallest absolute Gasteiger partial charge is 0.254 e.